The average Bonchev–Trinajstić information content (AvgIpc) is 2.84. The zero-order chi connectivity index (χ0) is 22.2. The van der Waals surface area contributed by atoms with E-state index in [1.807, 2.05) is 54.6 Å². The lowest BCUT2D eigenvalue weighted by Gasteiger charge is -2.32. The first-order valence-electron chi connectivity index (χ1n) is 11.0. The molecule has 1 heterocycles. The summed E-state index contributed by atoms with van der Waals surface area (Å²) < 4.78 is 5.87. The van der Waals surface area contributed by atoms with Crippen molar-refractivity contribution in [3.8, 4) is 11.5 Å². The van der Waals surface area contributed by atoms with E-state index in [0.29, 0.717) is 25.0 Å². The van der Waals surface area contributed by atoms with E-state index in [-0.39, 0.29) is 0 Å². The molecule has 0 spiro atoms. The van der Waals surface area contributed by atoms with Crippen LogP contribution in [0.15, 0.2) is 83.9 Å². The number of aliphatic hydroxyl groups is 1. The van der Waals surface area contributed by atoms with Crippen molar-refractivity contribution in [1.29, 1.82) is 0 Å². The second-order valence-electron chi connectivity index (χ2n) is 8.05. The lowest BCUT2D eigenvalue weighted by atomic mass is 9.97. The van der Waals surface area contributed by atoms with Gasteiger partial charge in [0.15, 0.2) is 5.96 Å². The number of para-hydroxylation sites is 1. The Kier molecular flexibility index (Phi) is 7.25. The lowest BCUT2D eigenvalue weighted by molar-refractivity contribution is 0.203. The van der Waals surface area contributed by atoms with Gasteiger partial charge in [0.25, 0.3) is 0 Å². The standard InChI is InChI=1S/C26H30N4O2/c27-26(29-22-5-4-8-25(17-22)32-24-6-2-1-3-7-24)28-18-20-9-11-23(12-10-20)30-15-13-21(19-31)14-16-30/h1-12,17,21,31H,13-16,18-19H2,(H3,27,28,29). The predicted octanol–water partition coefficient (Wildman–Crippen LogP) is 4.61. The van der Waals surface area contributed by atoms with E-state index in [0.717, 1.165) is 48.7 Å². The summed E-state index contributed by atoms with van der Waals surface area (Å²) in [6.07, 6.45) is 2.09. The molecule has 0 unspecified atom stereocenters. The molecule has 0 saturated carbocycles. The van der Waals surface area contributed by atoms with Crippen molar-refractivity contribution in [1.82, 2.24) is 0 Å². The zero-order valence-electron chi connectivity index (χ0n) is 18.2. The molecule has 6 nitrogen and oxygen atoms in total. The van der Waals surface area contributed by atoms with Crippen molar-refractivity contribution in [2.24, 2.45) is 16.6 Å². The Labute approximate surface area is 189 Å². The first kappa shape index (κ1) is 21.7. The number of anilines is 2. The summed E-state index contributed by atoms with van der Waals surface area (Å²) in [6, 6.07) is 25.8. The molecule has 1 fully saturated rings. The molecule has 3 aromatic carbocycles. The molecular formula is C26H30N4O2. The Bertz CT molecular complexity index is 1010. The third-order valence-corrected chi connectivity index (χ3v) is 5.69. The Balaban J connectivity index is 1.31. The molecular weight excluding hydrogens is 400 g/mol. The molecule has 4 rings (SSSR count). The number of guanidine groups is 1. The number of nitrogens with two attached hydrogens (primary N) is 1. The van der Waals surface area contributed by atoms with Crippen LogP contribution in [0.3, 0.4) is 0 Å². The third-order valence-electron chi connectivity index (χ3n) is 5.69. The van der Waals surface area contributed by atoms with E-state index in [2.05, 4.69) is 39.5 Å². The fourth-order valence-corrected chi connectivity index (χ4v) is 3.81. The summed E-state index contributed by atoms with van der Waals surface area (Å²) in [5.41, 5.74) is 9.24. The van der Waals surface area contributed by atoms with Crippen molar-refractivity contribution in [3.05, 3.63) is 84.4 Å². The number of nitrogens with one attached hydrogen (secondary N) is 1. The number of aliphatic imine (C=N–C) groups is 1. The van der Waals surface area contributed by atoms with Crippen molar-refractivity contribution >= 4 is 17.3 Å². The van der Waals surface area contributed by atoms with Gasteiger partial charge in [-0.3, -0.25) is 0 Å². The van der Waals surface area contributed by atoms with E-state index in [4.69, 9.17) is 10.5 Å². The van der Waals surface area contributed by atoms with Gasteiger partial charge in [0.1, 0.15) is 11.5 Å². The molecule has 1 saturated heterocycles. The van der Waals surface area contributed by atoms with Crippen LogP contribution in [0.4, 0.5) is 11.4 Å². The molecule has 1 aliphatic heterocycles. The maximum Gasteiger partial charge on any atom is 0.193 e. The quantitative estimate of drug-likeness (QED) is 0.376. The van der Waals surface area contributed by atoms with Gasteiger partial charge in [-0.25, -0.2) is 4.99 Å². The maximum absolute atomic E-state index is 9.30. The molecule has 0 atom stereocenters. The monoisotopic (exact) mass is 430 g/mol. The molecule has 4 N–H and O–H groups in total. The molecule has 3 aromatic rings. The summed E-state index contributed by atoms with van der Waals surface area (Å²) >= 11 is 0. The Morgan fingerprint density at radius 1 is 0.969 bits per heavy atom. The highest BCUT2D eigenvalue weighted by Gasteiger charge is 2.18. The molecule has 1 aliphatic rings. The Hall–Kier alpha value is -3.51. The van der Waals surface area contributed by atoms with E-state index < -0.39 is 0 Å². The van der Waals surface area contributed by atoms with E-state index >= 15 is 0 Å². The molecule has 0 amide bonds. The summed E-state index contributed by atoms with van der Waals surface area (Å²) in [7, 11) is 0. The van der Waals surface area contributed by atoms with Crippen molar-refractivity contribution in [2.45, 2.75) is 19.4 Å². The Morgan fingerprint density at radius 3 is 2.41 bits per heavy atom. The molecule has 32 heavy (non-hydrogen) atoms. The van der Waals surface area contributed by atoms with E-state index in [1.54, 1.807) is 0 Å². The molecule has 0 bridgehead atoms. The van der Waals surface area contributed by atoms with Crippen LogP contribution in [-0.4, -0.2) is 30.8 Å². The van der Waals surface area contributed by atoms with Gasteiger partial charge in [0.2, 0.25) is 0 Å². The number of hydrogen-bond acceptors (Lipinski definition) is 4. The van der Waals surface area contributed by atoms with Crippen LogP contribution in [0.25, 0.3) is 0 Å². The number of benzene rings is 3. The molecule has 0 radical (unpaired) electrons. The van der Waals surface area contributed by atoms with Gasteiger partial charge in [0.05, 0.1) is 6.54 Å². The second-order valence-corrected chi connectivity index (χ2v) is 8.05. The second kappa shape index (κ2) is 10.7. The number of aliphatic hydroxyl groups excluding tert-OH is 1. The minimum atomic E-state index is 0.296. The SMILES string of the molecule is NC(=NCc1ccc(N2CCC(CO)CC2)cc1)Nc1cccc(Oc2ccccc2)c1. The van der Waals surface area contributed by atoms with Crippen LogP contribution in [0.1, 0.15) is 18.4 Å². The number of piperidine rings is 1. The number of rotatable bonds is 7. The fraction of sp³-hybridized carbons (Fsp3) is 0.269. The van der Waals surface area contributed by atoms with Crippen LogP contribution in [-0.2, 0) is 6.54 Å². The van der Waals surface area contributed by atoms with Crippen LogP contribution in [0, 0.1) is 5.92 Å². The third kappa shape index (κ3) is 6.02. The summed E-state index contributed by atoms with van der Waals surface area (Å²) in [5.74, 6) is 2.32. The van der Waals surface area contributed by atoms with Crippen LogP contribution < -0.4 is 20.7 Å². The minimum Gasteiger partial charge on any atom is -0.457 e. The number of nitrogens with zero attached hydrogens (tertiary/aromatic N) is 2. The summed E-state index contributed by atoms with van der Waals surface area (Å²) in [5, 5.41) is 12.4. The highest BCUT2D eigenvalue weighted by molar-refractivity contribution is 5.92. The van der Waals surface area contributed by atoms with Crippen LogP contribution >= 0.6 is 0 Å². The van der Waals surface area contributed by atoms with Gasteiger partial charge >= 0.3 is 0 Å². The first-order chi connectivity index (χ1) is 15.7. The summed E-state index contributed by atoms with van der Waals surface area (Å²) in [6.45, 7) is 2.79. The van der Waals surface area contributed by atoms with Crippen molar-refractivity contribution in [2.75, 3.05) is 29.9 Å². The van der Waals surface area contributed by atoms with Gasteiger partial charge in [-0.05, 0) is 60.7 Å². The van der Waals surface area contributed by atoms with Gasteiger partial charge in [-0.1, -0.05) is 36.4 Å². The highest BCUT2D eigenvalue weighted by Crippen LogP contribution is 2.25. The van der Waals surface area contributed by atoms with Gasteiger partial charge < -0.3 is 25.8 Å². The molecule has 0 aliphatic carbocycles. The fourth-order valence-electron chi connectivity index (χ4n) is 3.81. The predicted molar refractivity (Wildman–Crippen MR) is 130 cm³/mol. The minimum absolute atomic E-state index is 0.296. The van der Waals surface area contributed by atoms with Crippen molar-refractivity contribution in [3.63, 3.8) is 0 Å². The maximum atomic E-state index is 9.30. The molecule has 6 heteroatoms. The van der Waals surface area contributed by atoms with Crippen molar-refractivity contribution < 1.29 is 9.84 Å². The van der Waals surface area contributed by atoms with Crippen LogP contribution in [0.5, 0.6) is 11.5 Å². The highest BCUT2D eigenvalue weighted by atomic mass is 16.5. The molecule has 0 aromatic heterocycles. The molecule has 166 valence electrons. The van der Waals surface area contributed by atoms with E-state index in [1.165, 1.54) is 5.69 Å². The largest absolute Gasteiger partial charge is 0.457 e. The average molecular weight is 431 g/mol. The first-order valence-corrected chi connectivity index (χ1v) is 11.0. The lowest BCUT2D eigenvalue weighted by Crippen LogP contribution is -2.34. The van der Waals surface area contributed by atoms with E-state index in [9.17, 15) is 5.11 Å². The van der Waals surface area contributed by atoms with Crippen LogP contribution in [0.2, 0.25) is 0 Å². The normalized spacial score (nSPS) is 14.9. The summed E-state index contributed by atoms with van der Waals surface area (Å²) in [4.78, 5) is 6.84. The number of ether oxygens (including phenoxy) is 1. The van der Waals surface area contributed by atoms with Gasteiger partial charge in [-0.15, -0.1) is 0 Å². The topological polar surface area (TPSA) is 83.1 Å². The van der Waals surface area contributed by atoms with Gasteiger partial charge in [-0.2, -0.15) is 0 Å². The van der Waals surface area contributed by atoms with Gasteiger partial charge in [0, 0.05) is 37.1 Å². The number of hydrogen-bond donors (Lipinski definition) is 3. The zero-order valence-corrected chi connectivity index (χ0v) is 18.2. The Morgan fingerprint density at radius 2 is 1.69 bits per heavy atom. The smallest absolute Gasteiger partial charge is 0.193 e.